The third kappa shape index (κ3) is 7.17. The second-order valence-electron chi connectivity index (χ2n) is 12.4. The molecule has 2 heterocycles. The van der Waals surface area contributed by atoms with E-state index in [-0.39, 0.29) is 0 Å². The van der Waals surface area contributed by atoms with Gasteiger partial charge in [-0.1, -0.05) is 55.3 Å². The maximum Gasteiger partial charge on any atom is 0.150 e. The van der Waals surface area contributed by atoms with E-state index in [0.29, 0.717) is 11.8 Å². The number of benzene rings is 2. The Morgan fingerprint density at radius 2 is 1.76 bits per heavy atom. The molecule has 1 aromatic heterocycles. The Kier molecular flexibility index (Phi) is 9.11. The third-order valence-corrected chi connectivity index (χ3v) is 8.96. The smallest absolute Gasteiger partial charge is 0.150 e. The predicted octanol–water partition coefficient (Wildman–Crippen LogP) is 8.27. The van der Waals surface area contributed by atoms with E-state index in [1.165, 1.54) is 23.2 Å². The van der Waals surface area contributed by atoms with E-state index in [9.17, 15) is 4.79 Å². The van der Waals surface area contributed by atoms with Crippen LogP contribution in [0.5, 0.6) is 0 Å². The van der Waals surface area contributed by atoms with E-state index in [0.717, 1.165) is 84.8 Å². The molecule has 0 radical (unpaired) electrons. The quantitative estimate of drug-likeness (QED) is 0.257. The largest absolute Gasteiger partial charge is 0.369 e. The summed E-state index contributed by atoms with van der Waals surface area (Å²) in [6.07, 6.45) is 11.2. The summed E-state index contributed by atoms with van der Waals surface area (Å²) in [5.74, 6) is 0. The first-order valence-corrected chi connectivity index (χ1v) is 15.2. The standard InChI is InChI=1S/C36H42ClN3O/c1-5-6-29-19-27(23-38-26(29)2)20-32-21-34(12-9-31(32)25-41)40-17-15-39(16-18-40)24-30-13-14-36(3,4)22-35(30)28-7-10-33(37)11-8-28/h5-12,19,21,23,25H,13-18,20,22,24H2,1-4H3/b6-5-. The van der Waals surface area contributed by atoms with Crippen molar-refractivity contribution in [3.63, 3.8) is 0 Å². The number of hydrogen-bond acceptors (Lipinski definition) is 4. The fraction of sp³-hybridized carbons (Fsp3) is 0.389. The van der Waals surface area contributed by atoms with Crippen molar-refractivity contribution >= 4 is 35.2 Å². The molecule has 5 rings (SSSR count). The zero-order valence-corrected chi connectivity index (χ0v) is 25.7. The van der Waals surface area contributed by atoms with Gasteiger partial charge in [0.25, 0.3) is 0 Å². The first kappa shape index (κ1) is 29.3. The minimum atomic E-state index is 0.325. The van der Waals surface area contributed by atoms with Crippen molar-refractivity contribution in [2.45, 2.75) is 53.4 Å². The molecule has 2 aromatic carbocycles. The molecule has 2 aliphatic rings. The molecule has 0 bridgehead atoms. The van der Waals surface area contributed by atoms with Gasteiger partial charge >= 0.3 is 0 Å². The molecular formula is C36H42ClN3O. The van der Waals surface area contributed by atoms with Gasteiger partial charge in [-0.3, -0.25) is 14.7 Å². The summed E-state index contributed by atoms with van der Waals surface area (Å²) in [5, 5.41) is 0.792. The van der Waals surface area contributed by atoms with E-state index < -0.39 is 0 Å². The molecule has 1 aliphatic heterocycles. The summed E-state index contributed by atoms with van der Waals surface area (Å²) in [7, 11) is 0. The first-order chi connectivity index (χ1) is 19.7. The third-order valence-electron chi connectivity index (χ3n) is 8.71. The van der Waals surface area contributed by atoms with Gasteiger partial charge in [-0.2, -0.15) is 0 Å². The topological polar surface area (TPSA) is 36.4 Å². The Morgan fingerprint density at radius 3 is 2.46 bits per heavy atom. The number of pyridine rings is 1. The molecule has 1 aliphatic carbocycles. The second-order valence-corrected chi connectivity index (χ2v) is 12.8. The lowest BCUT2D eigenvalue weighted by Gasteiger charge is -2.39. The number of anilines is 1. The van der Waals surface area contributed by atoms with E-state index in [1.54, 1.807) is 5.57 Å². The average Bonchev–Trinajstić information content (AvgIpc) is 2.96. The lowest BCUT2D eigenvalue weighted by Crippen LogP contribution is -2.47. The number of piperazine rings is 1. The van der Waals surface area contributed by atoms with Gasteiger partial charge in [0.2, 0.25) is 0 Å². The van der Waals surface area contributed by atoms with Gasteiger partial charge in [0.05, 0.1) is 0 Å². The summed E-state index contributed by atoms with van der Waals surface area (Å²) in [4.78, 5) is 21.6. The Morgan fingerprint density at radius 1 is 1.00 bits per heavy atom. The molecule has 1 fully saturated rings. The maximum atomic E-state index is 11.9. The highest BCUT2D eigenvalue weighted by Gasteiger charge is 2.29. The summed E-state index contributed by atoms with van der Waals surface area (Å²) in [6, 6.07) is 16.9. The number of carbonyl (C=O) groups excluding carboxylic acids is 1. The predicted molar refractivity (Wildman–Crippen MR) is 173 cm³/mol. The van der Waals surface area contributed by atoms with E-state index in [4.69, 9.17) is 11.6 Å². The van der Waals surface area contributed by atoms with Gasteiger partial charge in [-0.05, 0) is 109 Å². The van der Waals surface area contributed by atoms with Crippen LogP contribution in [-0.4, -0.2) is 48.9 Å². The van der Waals surface area contributed by atoms with Crippen LogP contribution in [0, 0.1) is 12.3 Å². The molecule has 214 valence electrons. The molecule has 41 heavy (non-hydrogen) atoms. The Hall–Kier alpha value is -3.21. The molecule has 1 saturated heterocycles. The number of aldehydes is 1. The first-order valence-electron chi connectivity index (χ1n) is 14.8. The number of nitrogens with zero attached hydrogens (tertiary/aromatic N) is 3. The van der Waals surface area contributed by atoms with Crippen LogP contribution in [0.15, 0.2) is 66.4 Å². The lowest BCUT2D eigenvalue weighted by molar-refractivity contribution is 0.112. The minimum absolute atomic E-state index is 0.325. The Balaban J connectivity index is 1.29. The molecule has 0 N–H and O–H groups in total. The van der Waals surface area contributed by atoms with Crippen molar-refractivity contribution in [1.29, 1.82) is 0 Å². The van der Waals surface area contributed by atoms with Crippen molar-refractivity contribution in [1.82, 2.24) is 9.88 Å². The summed E-state index contributed by atoms with van der Waals surface area (Å²) >= 11 is 6.20. The van der Waals surface area contributed by atoms with Crippen LogP contribution in [0.4, 0.5) is 5.69 Å². The van der Waals surface area contributed by atoms with Crippen molar-refractivity contribution in [3.05, 3.63) is 105 Å². The fourth-order valence-corrected chi connectivity index (χ4v) is 6.34. The van der Waals surface area contributed by atoms with Crippen molar-refractivity contribution in [2.24, 2.45) is 5.41 Å². The maximum absolute atomic E-state index is 11.9. The number of carbonyl (C=O) groups is 1. The van der Waals surface area contributed by atoms with Crippen LogP contribution in [0.25, 0.3) is 11.6 Å². The zero-order chi connectivity index (χ0) is 29.0. The van der Waals surface area contributed by atoms with E-state index >= 15 is 0 Å². The second kappa shape index (κ2) is 12.8. The number of halogens is 1. The summed E-state index contributed by atoms with van der Waals surface area (Å²) < 4.78 is 0. The fourth-order valence-electron chi connectivity index (χ4n) is 6.22. The van der Waals surface area contributed by atoms with Crippen LogP contribution in [-0.2, 0) is 6.42 Å². The highest BCUT2D eigenvalue weighted by molar-refractivity contribution is 6.30. The van der Waals surface area contributed by atoms with E-state index in [1.807, 2.05) is 44.3 Å². The number of aryl methyl sites for hydroxylation is 1. The molecule has 0 amide bonds. The molecule has 5 heteroatoms. The molecule has 0 spiro atoms. The highest BCUT2D eigenvalue weighted by atomic mass is 35.5. The monoisotopic (exact) mass is 567 g/mol. The summed E-state index contributed by atoms with van der Waals surface area (Å²) in [5.41, 5.74) is 11.0. The Bertz CT molecular complexity index is 1450. The van der Waals surface area contributed by atoms with Gasteiger partial charge in [0, 0.05) is 60.9 Å². The highest BCUT2D eigenvalue weighted by Crippen LogP contribution is 2.43. The molecule has 0 unspecified atom stereocenters. The SMILES string of the molecule is C/C=C\c1cc(Cc2cc(N3CCN(CC4=C(c5ccc(Cl)cc5)CC(C)(C)CC4)CC3)ccc2C=O)cnc1C. The molecule has 0 saturated carbocycles. The average molecular weight is 568 g/mol. The van der Waals surface area contributed by atoms with Crippen molar-refractivity contribution < 1.29 is 4.79 Å². The normalized spacial score (nSPS) is 17.8. The van der Waals surface area contributed by atoms with Gasteiger partial charge in [0.1, 0.15) is 6.29 Å². The number of hydrogen-bond donors (Lipinski definition) is 0. The van der Waals surface area contributed by atoms with E-state index in [2.05, 4.69) is 65.0 Å². The van der Waals surface area contributed by atoms with Gasteiger partial charge < -0.3 is 4.90 Å². The molecule has 4 nitrogen and oxygen atoms in total. The molecular weight excluding hydrogens is 526 g/mol. The van der Waals surface area contributed by atoms with Gasteiger partial charge in [-0.25, -0.2) is 0 Å². The number of allylic oxidation sites excluding steroid dienone is 2. The van der Waals surface area contributed by atoms with Crippen LogP contribution >= 0.6 is 11.6 Å². The lowest BCUT2D eigenvalue weighted by atomic mass is 9.72. The van der Waals surface area contributed by atoms with Gasteiger partial charge in [0.15, 0.2) is 0 Å². The Labute approximate surface area is 250 Å². The van der Waals surface area contributed by atoms with Gasteiger partial charge in [-0.15, -0.1) is 0 Å². The van der Waals surface area contributed by atoms with Crippen molar-refractivity contribution in [2.75, 3.05) is 37.6 Å². The van der Waals surface area contributed by atoms with Crippen LogP contribution in [0.1, 0.15) is 78.3 Å². The summed E-state index contributed by atoms with van der Waals surface area (Å²) in [6.45, 7) is 13.9. The number of aromatic nitrogens is 1. The zero-order valence-electron chi connectivity index (χ0n) is 24.9. The van der Waals surface area contributed by atoms with Crippen molar-refractivity contribution in [3.8, 4) is 0 Å². The molecule has 3 aromatic rings. The van der Waals surface area contributed by atoms with Crippen LogP contribution in [0.3, 0.4) is 0 Å². The minimum Gasteiger partial charge on any atom is -0.369 e. The number of rotatable bonds is 8. The molecule has 0 atom stereocenters. The van der Waals surface area contributed by atoms with Crippen LogP contribution in [0.2, 0.25) is 5.02 Å². The van der Waals surface area contributed by atoms with Crippen LogP contribution < -0.4 is 4.90 Å².